The number of anilines is 1. The molecule has 1 saturated heterocycles. The molecule has 6 nitrogen and oxygen atoms in total. The summed E-state index contributed by atoms with van der Waals surface area (Å²) in [5, 5.41) is 6.55. The summed E-state index contributed by atoms with van der Waals surface area (Å²) >= 11 is 0. The average Bonchev–Trinajstić information content (AvgIpc) is 3.00. The third-order valence-electron chi connectivity index (χ3n) is 2.93. The predicted octanol–water partition coefficient (Wildman–Crippen LogP) is 1.34. The summed E-state index contributed by atoms with van der Waals surface area (Å²) in [6.45, 7) is 2.80. The summed E-state index contributed by atoms with van der Waals surface area (Å²) in [7, 11) is 0. The Balaban J connectivity index is 1.65. The zero-order valence-electron chi connectivity index (χ0n) is 10.5. The van der Waals surface area contributed by atoms with Gasteiger partial charge >= 0.3 is 0 Å². The first-order valence-corrected chi connectivity index (χ1v) is 6.32. The molecule has 0 aliphatic carbocycles. The van der Waals surface area contributed by atoms with Gasteiger partial charge in [0.25, 0.3) is 0 Å². The molecule has 0 spiro atoms. The molecule has 1 aliphatic heterocycles. The maximum absolute atomic E-state index is 5.42. The van der Waals surface area contributed by atoms with Gasteiger partial charge < -0.3 is 19.8 Å². The highest BCUT2D eigenvalue weighted by molar-refractivity contribution is 5.33. The molecule has 0 radical (unpaired) electrons. The van der Waals surface area contributed by atoms with Crippen LogP contribution in [0.5, 0.6) is 0 Å². The Hall–Kier alpha value is -1.92. The van der Waals surface area contributed by atoms with Crippen LogP contribution in [-0.2, 0) is 11.3 Å². The Morgan fingerprint density at radius 2 is 2.42 bits per heavy atom. The molecule has 19 heavy (non-hydrogen) atoms. The molecule has 0 aromatic carbocycles. The molecule has 100 valence electrons. The van der Waals surface area contributed by atoms with E-state index < -0.39 is 0 Å². The van der Waals surface area contributed by atoms with Gasteiger partial charge in [-0.15, -0.1) is 0 Å². The molecule has 0 unspecified atom stereocenters. The van der Waals surface area contributed by atoms with Crippen molar-refractivity contribution in [1.82, 2.24) is 15.3 Å². The van der Waals surface area contributed by atoms with Crippen molar-refractivity contribution in [2.24, 2.45) is 0 Å². The normalized spacial score (nSPS) is 19.3. The summed E-state index contributed by atoms with van der Waals surface area (Å²) in [5.74, 6) is 2.41. The topological polar surface area (TPSA) is 72.2 Å². The van der Waals surface area contributed by atoms with E-state index in [2.05, 4.69) is 20.6 Å². The second kappa shape index (κ2) is 5.81. The number of hydrogen-bond acceptors (Lipinski definition) is 6. The Morgan fingerprint density at radius 3 is 3.21 bits per heavy atom. The summed E-state index contributed by atoms with van der Waals surface area (Å²) in [6.07, 6.45) is 3.41. The van der Waals surface area contributed by atoms with E-state index in [1.807, 2.05) is 18.2 Å². The number of aromatic nitrogens is 2. The lowest BCUT2D eigenvalue weighted by Crippen LogP contribution is -2.35. The van der Waals surface area contributed by atoms with Crippen LogP contribution in [0.25, 0.3) is 0 Å². The molecular formula is C13H16N4O2. The van der Waals surface area contributed by atoms with Crippen molar-refractivity contribution in [3.8, 4) is 0 Å². The lowest BCUT2D eigenvalue weighted by Gasteiger charge is -2.22. The molecule has 1 aliphatic rings. The summed E-state index contributed by atoms with van der Waals surface area (Å²) in [5.41, 5.74) is 0. The lowest BCUT2D eigenvalue weighted by molar-refractivity contribution is 0.0742. The molecule has 2 N–H and O–H groups in total. The fourth-order valence-corrected chi connectivity index (χ4v) is 1.96. The van der Waals surface area contributed by atoms with Crippen molar-refractivity contribution in [3.05, 3.63) is 42.2 Å². The highest BCUT2D eigenvalue weighted by Crippen LogP contribution is 2.13. The zero-order valence-corrected chi connectivity index (χ0v) is 10.5. The quantitative estimate of drug-likeness (QED) is 0.864. The fourth-order valence-electron chi connectivity index (χ4n) is 1.96. The second-order valence-electron chi connectivity index (χ2n) is 4.31. The SMILES string of the molecule is c1coc(CNc2ccnc([C@@H]3COCCN3)n2)c1. The first-order valence-electron chi connectivity index (χ1n) is 6.32. The zero-order chi connectivity index (χ0) is 12.9. The lowest BCUT2D eigenvalue weighted by atomic mass is 10.2. The van der Waals surface area contributed by atoms with Crippen molar-refractivity contribution in [1.29, 1.82) is 0 Å². The van der Waals surface area contributed by atoms with Crippen LogP contribution in [0.15, 0.2) is 35.1 Å². The molecule has 0 amide bonds. The van der Waals surface area contributed by atoms with Crippen molar-refractivity contribution in [2.75, 3.05) is 25.1 Å². The van der Waals surface area contributed by atoms with Gasteiger partial charge in [-0.25, -0.2) is 9.97 Å². The van der Waals surface area contributed by atoms with Gasteiger partial charge in [0, 0.05) is 12.7 Å². The number of hydrogen-bond donors (Lipinski definition) is 2. The minimum atomic E-state index is 0.0686. The molecule has 1 fully saturated rings. The van der Waals surface area contributed by atoms with Crippen LogP contribution >= 0.6 is 0 Å². The van der Waals surface area contributed by atoms with Crippen LogP contribution in [0.4, 0.5) is 5.82 Å². The maximum Gasteiger partial charge on any atom is 0.149 e. The van der Waals surface area contributed by atoms with Gasteiger partial charge in [0.1, 0.15) is 17.4 Å². The third kappa shape index (κ3) is 3.10. The van der Waals surface area contributed by atoms with E-state index in [9.17, 15) is 0 Å². The predicted molar refractivity (Wildman–Crippen MR) is 69.6 cm³/mol. The van der Waals surface area contributed by atoms with Crippen molar-refractivity contribution in [2.45, 2.75) is 12.6 Å². The van der Waals surface area contributed by atoms with E-state index in [-0.39, 0.29) is 6.04 Å². The van der Waals surface area contributed by atoms with Crippen LogP contribution in [-0.4, -0.2) is 29.7 Å². The molecule has 3 heterocycles. The van der Waals surface area contributed by atoms with Crippen LogP contribution < -0.4 is 10.6 Å². The van der Waals surface area contributed by atoms with Gasteiger partial charge in [-0.3, -0.25) is 0 Å². The number of morpholine rings is 1. The van der Waals surface area contributed by atoms with E-state index in [1.165, 1.54) is 0 Å². The molecule has 2 aromatic heterocycles. The number of nitrogens with zero attached hydrogens (tertiary/aromatic N) is 2. The van der Waals surface area contributed by atoms with Crippen LogP contribution in [0, 0.1) is 0 Å². The monoisotopic (exact) mass is 260 g/mol. The van der Waals surface area contributed by atoms with Gasteiger partial charge in [0.2, 0.25) is 0 Å². The van der Waals surface area contributed by atoms with Crippen LogP contribution in [0.2, 0.25) is 0 Å². The Morgan fingerprint density at radius 1 is 1.42 bits per heavy atom. The van der Waals surface area contributed by atoms with Crippen molar-refractivity contribution >= 4 is 5.82 Å². The Kier molecular flexibility index (Phi) is 3.71. The average molecular weight is 260 g/mol. The van der Waals surface area contributed by atoms with E-state index in [1.54, 1.807) is 12.5 Å². The minimum absolute atomic E-state index is 0.0686. The van der Waals surface area contributed by atoms with Gasteiger partial charge in [0.15, 0.2) is 0 Å². The molecule has 6 heteroatoms. The second-order valence-corrected chi connectivity index (χ2v) is 4.31. The van der Waals surface area contributed by atoms with Gasteiger partial charge in [0.05, 0.1) is 32.1 Å². The minimum Gasteiger partial charge on any atom is -0.467 e. The van der Waals surface area contributed by atoms with Gasteiger partial charge in [-0.2, -0.15) is 0 Å². The third-order valence-corrected chi connectivity index (χ3v) is 2.93. The van der Waals surface area contributed by atoms with Gasteiger partial charge in [-0.05, 0) is 18.2 Å². The molecule has 0 saturated carbocycles. The smallest absolute Gasteiger partial charge is 0.149 e. The molecule has 3 rings (SSSR count). The highest BCUT2D eigenvalue weighted by atomic mass is 16.5. The molecular weight excluding hydrogens is 244 g/mol. The number of ether oxygens (including phenoxy) is 1. The summed E-state index contributed by atoms with van der Waals surface area (Å²) in [4.78, 5) is 8.78. The van der Waals surface area contributed by atoms with Crippen LogP contribution in [0.1, 0.15) is 17.6 Å². The van der Waals surface area contributed by atoms with E-state index >= 15 is 0 Å². The fraction of sp³-hybridized carbons (Fsp3) is 0.385. The van der Waals surface area contributed by atoms with E-state index in [0.29, 0.717) is 13.2 Å². The largest absolute Gasteiger partial charge is 0.467 e. The Labute approximate surface area is 111 Å². The summed E-state index contributed by atoms with van der Waals surface area (Å²) < 4.78 is 10.7. The standard InChI is InChI=1S/C13H16N4O2/c1-2-10(19-6-1)8-16-12-3-4-15-13(17-12)11-9-18-7-5-14-11/h1-4,6,11,14H,5,7-9H2,(H,15,16,17)/t11-/m0/s1. The van der Waals surface area contributed by atoms with E-state index in [4.69, 9.17) is 9.15 Å². The van der Waals surface area contributed by atoms with E-state index in [0.717, 1.165) is 30.6 Å². The number of furan rings is 1. The van der Waals surface area contributed by atoms with Crippen molar-refractivity contribution < 1.29 is 9.15 Å². The number of nitrogens with one attached hydrogen (secondary N) is 2. The first kappa shape index (κ1) is 12.1. The summed E-state index contributed by atoms with van der Waals surface area (Å²) in [6, 6.07) is 5.70. The molecule has 0 bridgehead atoms. The molecule has 1 atom stereocenters. The van der Waals surface area contributed by atoms with Gasteiger partial charge in [-0.1, -0.05) is 0 Å². The Bertz CT molecular complexity index is 509. The highest BCUT2D eigenvalue weighted by Gasteiger charge is 2.17. The van der Waals surface area contributed by atoms with Crippen molar-refractivity contribution in [3.63, 3.8) is 0 Å². The molecule has 2 aromatic rings. The number of rotatable bonds is 4. The first-order chi connectivity index (χ1) is 9.42. The maximum atomic E-state index is 5.42. The van der Waals surface area contributed by atoms with Crippen LogP contribution in [0.3, 0.4) is 0 Å².